The minimum atomic E-state index is -0.00955. The summed E-state index contributed by atoms with van der Waals surface area (Å²) in [5.74, 6) is 1.71. The Balaban J connectivity index is 1.57. The fourth-order valence-corrected chi connectivity index (χ4v) is 3.64. The standard InChI is InChI=1S/C19H26N4OS/c1-4-5-14-6-8-15(9-7-14)20-17(24)12-25-19-22-21-18(13(2)3)23(19)16-10-11-16/h6-9,13,16H,4-5,10-12H2,1-3H3,(H,20,24). The molecule has 0 saturated heterocycles. The Morgan fingerprint density at radius 1 is 1.28 bits per heavy atom. The summed E-state index contributed by atoms with van der Waals surface area (Å²) in [5.41, 5.74) is 2.14. The highest BCUT2D eigenvalue weighted by Gasteiger charge is 2.30. The number of rotatable bonds is 8. The highest BCUT2D eigenvalue weighted by atomic mass is 32.2. The molecule has 1 fully saturated rings. The fourth-order valence-electron chi connectivity index (χ4n) is 2.83. The monoisotopic (exact) mass is 358 g/mol. The van der Waals surface area contributed by atoms with Crippen LogP contribution in [0, 0.1) is 0 Å². The van der Waals surface area contributed by atoms with E-state index in [2.05, 4.69) is 53.0 Å². The number of hydrogen-bond acceptors (Lipinski definition) is 4. The van der Waals surface area contributed by atoms with Crippen LogP contribution in [0.1, 0.15) is 63.4 Å². The number of carbonyl (C=O) groups is 1. The second kappa shape index (κ2) is 8.04. The van der Waals surface area contributed by atoms with E-state index in [9.17, 15) is 4.79 Å². The van der Waals surface area contributed by atoms with Crippen molar-refractivity contribution in [3.63, 3.8) is 0 Å². The van der Waals surface area contributed by atoms with Gasteiger partial charge in [0.05, 0.1) is 5.75 Å². The Hall–Kier alpha value is -1.82. The molecule has 1 saturated carbocycles. The van der Waals surface area contributed by atoms with Crippen LogP contribution < -0.4 is 5.32 Å². The fraction of sp³-hybridized carbons (Fsp3) is 0.526. The number of nitrogens with zero attached hydrogens (tertiary/aromatic N) is 3. The smallest absolute Gasteiger partial charge is 0.234 e. The van der Waals surface area contributed by atoms with Gasteiger partial charge >= 0.3 is 0 Å². The van der Waals surface area contributed by atoms with Crippen molar-refractivity contribution in [1.29, 1.82) is 0 Å². The van der Waals surface area contributed by atoms with Crippen molar-refractivity contribution >= 4 is 23.4 Å². The molecule has 0 bridgehead atoms. The van der Waals surface area contributed by atoms with Crippen LogP contribution in [0.25, 0.3) is 0 Å². The molecule has 1 N–H and O–H groups in total. The number of hydrogen-bond donors (Lipinski definition) is 1. The van der Waals surface area contributed by atoms with Gasteiger partial charge in [0.15, 0.2) is 5.16 Å². The Morgan fingerprint density at radius 3 is 2.60 bits per heavy atom. The van der Waals surface area contributed by atoms with Crippen LogP contribution in [0.3, 0.4) is 0 Å². The summed E-state index contributed by atoms with van der Waals surface area (Å²) >= 11 is 1.47. The van der Waals surface area contributed by atoms with Crippen LogP contribution in [-0.4, -0.2) is 26.4 Å². The molecule has 1 aromatic carbocycles. The number of nitrogens with one attached hydrogen (secondary N) is 1. The summed E-state index contributed by atoms with van der Waals surface area (Å²) in [7, 11) is 0. The largest absolute Gasteiger partial charge is 0.325 e. The highest BCUT2D eigenvalue weighted by molar-refractivity contribution is 7.99. The van der Waals surface area contributed by atoms with Crippen LogP contribution in [0.4, 0.5) is 5.69 Å². The Kier molecular flexibility index (Phi) is 5.78. The lowest BCUT2D eigenvalue weighted by atomic mass is 10.1. The molecular formula is C19H26N4OS. The molecule has 134 valence electrons. The Bertz CT molecular complexity index is 720. The molecule has 1 amide bonds. The third kappa shape index (κ3) is 4.63. The van der Waals surface area contributed by atoms with Gasteiger partial charge in [-0.1, -0.05) is 51.1 Å². The third-order valence-corrected chi connectivity index (χ3v) is 5.17. The minimum Gasteiger partial charge on any atom is -0.325 e. The van der Waals surface area contributed by atoms with Gasteiger partial charge in [-0.3, -0.25) is 4.79 Å². The average molecular weight is 359 g/mol. The van der Waals surface area contributed by atoms with Crippen molar-refractivity contribution in [3.05, 3.63) is 35.7 Å². The highest BCUT2D eigenvalue weighted by Crippen LogP contribution is 2.40. The molecule has 1 aliphatic carbocycles. The van der Waals surface area contributed by atoms with Crippen molar-refractivity contribution in [2.75, 3.05) is 11.1 Å². The van der Waals surface area contributed by atoms with E-state index in [1.54, 1.807) is 0 Å². The number of aromatic nitrogens is 3. The first kappa shape index (κ1) is 18.0. The number of aryl methyl sites for hydroxylation is 1. The summed E-state index contributed by atoms with van der Waals surface area (Å²) < 4.78 is 2.22. The lowest BCUT2D eigenvalue weighted by molar-refractivity contribution is -0.113. The first-order chi connectivity index (χ1) is 12.1. The second-order valence-electron chi connectivity index (χ2n) is 6.88. The number of benzene rings is 1. The van der Waals surface area contributed by atoms with Gasteiger partial charge in [0.25, 0.3) is 0 Å². The molecular weight excluding hydrogens is 332 g/mol. The molecule has 0 atom stereocenters. The SMILES string of the molecule is CCCc1ccc(NC(=O)CSc2nnc(C(C)C)n2C2CC2)cc1. The van der Waals surface area contributed by atoms with Crippen LogP contribution in [0.2, 0.25) is 0 Å². The van der Waals surface area contributed by atoms with E-state index in [0.717, 1.165) is 29.5 Å². The summed E-state index contributed by atoms with van der Waals surface area (Å²) in [4.78, 5) is 12.2. The molecule has 3 rings (SSSR count). The molecule has 1 aromatic heterocycles. The molecule has 6 heteroatoms. The van der Waals surface area contributed by atoms with E-state index in [1.807, 2.05) is 12.1 Å². The predicted octanol–water partition coefficient (Wildman–Crippen LogP) is 4.42. The topological polar surface area (TPSA) is 59.8 Å². The average Bonchev–Trinajstić information content (AvgIpc) is 3.34. The number of anilines is 1. The zero-order chi connectivity index (χ0) is 17.8. The maximum absolute atomic E-state index is 12.2. The maximum atomic E-state index is 12.2. The zero-order valence-corrected chi connectivity index (χ0v) is 16.0. The van der Waals surface area contributed by atoms with Crippen molar-refractivity contribution in [2.24, 2.45) is 0 Å². The molecule has 5 nitrogen and oxygen atoms in total. The van der Waals surface area contributed by atoms with Gasteiger partial charge in [0.2, 0.25) is 5.91 Å². The summed E-state index contributed by atoms with van der Waals surface area (Å²) in [6.07, 6.45) is 4.56. The van der Waals surface area contributed by atoms with Crippen molar-refractivity contribution < 1.29 is 4.79 Å². The lowest BCUT2D eigenvalue weighted by Gasteiger charge is -2.10. The quantitative estimate of drug-likeness (QED) is 0.710. The molecule has 25 heavy (non-hydrogen) atoms. The van der Waals surface area contributed by atoms with Gasteiger partial charge in [-0.15, -0.1) is 10.2 Å². The van der Waals surface area contributed by atoms with E-state index in [-0.39, 0.29) is 5.91 Å². The van der Waals surface area contributed by atoms with Crippen LogP contribution in [-0.2, 0) is 11.2 Å². The number of carbonyl (C=O) groups excluding carboxylic acids is 1. The lowest BCUT2D eigenvalue weighted by Crippen LogP contribution is -2.14. The van der Waals surface area contributed by atoms with Crippen molar-refractivity contribution in [1.82, 2.24) is 14.8 Å². The molecule has 0 aliphatic heterocycles. The van der Waals surface area contributed by atoms with Crippen LogP contribution >= 0.6 is 11.8 Å². The van der Waals surface area contributed by atoms with Gasteiger partial charge in [0.1, 0.15) is 5.82 Å². The van der Waals surface area contributed by atoms with Crippen LogP contribution in [0.15, 0.2) is 29.4 Å². The summed E-state index contributed by atoms with van der Waals surface area (Å²) in [6, 6.07) is 8.60. The van der Waals surface area contributed by atoms with E-state index in [1.165, 1.54) is 30.2 Å². The minimum absolute atomic E-state index is 0.00955. The first-order valence-corrected chi connectivity index (χ1v) is 10.0. The predicted molar refractivity (Wildman–Crippen MR) is 102 cm³/mol. The van der Waals surface area contributed by atoms with E-state index in [0.29, 0.717) is 17.7 Å². The number of thioether (sulfide) groups is 1. The van der Waals surface area contributed by atoms with Gasteiger partial charge in [-0.25, -0.2) is 0 Å². The summed E-state index contributed by atoms with van der Waals surface area (Å²) in [5, 5.41) is 12.5. The normalized spacial score (nSPS) is 14.1. The van der Waals surface area contributed by atoms with Gasteiger partial charge in [-0.05, 0) is 37.0 Å². The molecule has 1 aliphatic rings. The van der Waals surface area contributed by atoms with Gasteiger partial charge in [-0.2, -0.15) is 0 Å². The Labute approximate surface area is 153 Å². The van der Waals surface area contributed by atoms with E-state index < -0.39 is 0 Å². The van der Waals surface area contributed by atoms with E-state index in [4.69, 9.17) is 0 Å². The molecule has 1 heterocycles. The van der Waals surface area contributed by atoms with E-state index >= 15 is 0 Å². The molecule has 2 aromatic rings. The molecule has 0 unspecified atom stereocenters. The van der Waals surface area contributed by atoms with Gasteiger partial charge < -0.3 is 9.88 Å². The third-order valence-electron chi connectivity index (χ3n) is 4.23. The zero-order valence-electron chi connectivity index (χ0n) is 15.2. The number of amides is 1. The molecule has 0 spiro atoms. The molecule has 0 radical (unpaired) electrons. The van der Waals surface area contributed by atoms with Crippen LogP contribution in [0.5, 0.6) is 0 Å². The maximum Gasteiger partial charge on any atom is 0.234 e. The van der Waals surface area contributed by atoms with Gasteiger partial charge in [0, 0.05) is 17.6 Å². The van der Waals surface area contributed by atoms with Crippen molar-refractivity contribution in [3.8, 4) is 0 Å². The summed E-state index contributed by atoms with van der Waals surface area (Å²) in [6.45, 7) is 6.43. The van der Waals surface area contributed by atoms with Crippen molar-refractivity contribution in [2.45, 2.75) is 63.6 Å². The second-order valence-corrected chi connectivity index (χ2v) is 7.82. The Morgan fingerprint density at radius 2 is 2.00 bits per heavy atom. The first-order valence-electron chi connectivity index (χ1n) is 9.05.